The zero-order valence-corrected chi connectivity index (χ0v) is 5.63. The SMILES string of the molecule is C=[P+](C)C(C)C. The van der Waals surface area contributed by atoms with Crippen LogP contribution in [0.2, 0.25) is 0 Å². The molecule has 0 aliphatic rings. The Morgan fingerprint density at radius 2 is 1.67 bits per heavy atom. The van der Waals surface area contributed by atoms with Crippen LogP contribution in [0, 0.1) is 0 Å². The lowest BCUT2D eigenvalue weighted by atomic mass is 10.6. The smallest absolute Gasteiger partial charge is 0.0217 e. The molecule has 0 nitrogen and oxygen atoms in total. The first-order valence-corrected chi connectivity index (χ1v) is 4.22. The van der Waals surface area contributed by atoms with Crippen LogP contribution in [0.3, 0.4) is 0 Å². The van der Waals surface area contributed by atoms with Gasteiger partial charge in [0.15, 0.2) is 0 Å². The van der Waals surface area contributed by atoms with E-state index in [0.717, 1.165) is 5.66 Å². The first kappa shape index (κ1) is 6.17. The lowest BCUT2D eigenvalue weighted by Gasteiger charge is -1.85. The van der Waals surface area contributed by atoms with E-state index >= 15 is 0 Å². The zero-order valence-electron chi connectivity index (χ0n) is 4.73. The molecule has 0 N–H and O–H groups in total. The topological polar surface area (TPSA) is 0 Å². The van der Waals surface area contributed by atoms with Crippen molar-refractivity contribution in [2.75, 3.05) is 6.66 Å². The summed E-state index contributed by atoms with van der Waals surface area (Å²) in [5.74, 6) is 0. The van der Waals surface area contributed by atoms with Crippen molar-refractivity contribution in [2.24, 2.45) is 0 Å². The fourth-order valence-electron chi connectivity index (χ4n) is 0. The molecule has 0 aliphatic heterocycles. The zero-order chi connectivity index (χ0) is 5.15. The second kappa shape index (κ2) is 2.36. The van der Waals surface area contributed by atoms with E-state index < -0.39 is 0 Å². The van der Waals surface area contributed by atoms with Gasteiger partial charge < -0.3 is 0 Å². The molecule has 0 saturated carbocycles. The molecule has 0 fully saturated rings. The first-order chi connectivity index (χ1) is 2.64. The summed E-state index contributed by atoms with van der Waals surface area (Å²) in [6, 6.07) is 0. The normalized spacial score (nSPS) is 12.3. The Hall–Kier alpha value is 0.170. The van der Waals surface area contributed by atoms with Crippen molar-refractivity contribution in [3.63, 3.8) is 0 Å². The molecule has 0 amide bonds. The Bertz CT molecular complexity index is 55.0. The molecule has 0 aromatic rings. The highest BCUT2D eigenvalue weighted by Gasteiger charge is 2.00. The Labute approximate surface area is 41.0 Å². The quantitative estimate of drug-likeness (QED) is 0.445. The third-order valence-corrected chi connectivity index (χ3v) is 2.64. The summed E-state index contributed by atoms with van der Waals surface area (Å²) in [6.45, 7) is 6.61. The van der Waals surface area contributed by atoms with Gasteiger partial charge in [0.1, 0.15) is 5.66 Å². The van der Waals surface area contributed by atoms with Crippen LogP contribution in [0.1, 0.15) is 13.8 Å². The molecule has 0 spiro atoms. The molecule has 0 aliphatic carbocycles. The first-order valence-electron chi connectivity index (χ1n) is 2.18. The Kier molecular flexibility index (Phi) is 2.43. The molecule has 0 saturated heterocycles. The monoisotopic (exact) mass is 103 g/mol. The van der Waals surface area contributed by atoms with Crippen molar-refractivity contribution in [1.82, 2.24) is 0 Å². The van der Waals surface area contributed by atoms with Crippen LogP contribution in [0.25, 0.3) is 0 Å². The van der Waals surface area contributed by atoms with Crippen LogP contribution >= 0.6 is 7.55 Å². The van der Waals surface area contributed by atoms with E-state index in [1.165, 1.54) is 0 Å². The Morgan fingerprint density at radius 1 is 1.50 bits per heavy atom. The minimum atomic E-state index is 0.0905. The predicted molar refractivity (Wildman–Crippen MR) is 35.1 cm³/mol. The number of hydrogen-bond donors (Lipinski definition) is 0. The van der Waals surface area contributed by atoms with E-state index in [-0.39, 0.29) is 7.55 Å². The van der Waals surface area contributed by atoms with E-state index in [2.05, 4.69) is 26.8 Å². The molecule has 0 aromatic carbocycles. The van der Waals surface area contributed by atoms with Crippen LogP contribution in [0.4, 0.5) is 0 Å². The molecule has 0 bridgehead atoms. The summed E-state index contributed by atoms with van der Waals surface area (Å²) in [5.41, 5.74) is 0.806. The second-order valence-electron chi connectivity index (χ2n) is 1.85. The van der Waals surface area contributed by atoms with Crippen LogP contribution in [-0.2, 0) is 0 Å². The fourth-order valence-corrected chi connectivity index (χ4v) is 0. The van der Waals surface area contributed by atoms with Gasteiger partial charge in [-0.3, -0.25) is 0 Å². The van der Waals surface area contributed by atoms with Gasteiger partial charge in [-0.1, -0.05) is 0 Å². The van der Waals surface area contributed by atoms with Crippen LogP contribution in [0.5, 0.6) is 0 Å². The van der Waals surface area contributed by atoms with Crippen molar-refractivity contribution in [1.29, 1.82) is 0 Å². The molecule has 36 valence electrons. The molecule has 0 radical (unpaired) electrons. The summed E-state index contributed by atoms with van der Waals surface area (Å²) < 4.78 is 0. The van der Waals surface area contributed by atoms with Gasteiger partial charge in [0.05, 0.1) is 20.5 Å². The Balaban J connectivity index is 3.26. The maximum absolute atomic E-state index is 3.90. The molecule has 6 heavy (non-hydrogen) atoms. The maximum Gasteiger partial charge on any atom is 0.110 e. The standard InChI is InChI=1S/C5H12P/c1-5(2)6(3)4/h5H,3H2,1-2,4H3/q+1. The van der Waals surface area contributed by atoms with Crippen molar-refractivity contribution in [3.8, 4) is 0 Å². The third kappa shape index (κ3) is 2.41. The predicted octanol–water partition coefficient (Wildman–Crippen LogP) is 1.94. The third-order valence-electron chi connectivity index (χ3n) is 0.882. The lowest BCUT2D eigenvalue weighted by molar-refractivity contribution is 1.10. The minimum Gasteiger partial charge on any atom is -0.0217 e. The minimum absolute atomic E-state index is 0.0905. The van der Waals surface area contributed by atoms with Crippen molar-refractivity contribution < 1.29 is 0 Å². The maximum atomic E-state index is 3.90. The number of hydrogen-bond acceptors (Lipinski definition) is 0. The van der Waals surface area contributed by atoms with Crippen molar-refractivity contribution in [3.05, 3.63) is 0 Å². The molecular formula is C5H12P+. The van der Waals surface area contributed by atoms with E-state index in [1.54, 1.807) is 0 Å². The molecule has 0 heterocycles. The molecule has 0 rings (SSSR count). The molecule has 1 unspecified atom stereocenters. The second-order valence-corrected chi connectivity index (χ2v) is 4.40. The van der Waals surface area contributed by atoms with Crippen LogP contribution in [-0.4, -0.2) is 18.6 Å². The van der Waals surface area contributed by atoms with E-state index in [9.17, 15) is 0 Å². The molecule has 0 aromatic heterocycles. The highest BCUT2D eigenvalue weighted by atomic mass is 31.1. The summed E-state index contributed by atoms with van der Waals surface area (Å²) in [4.78, 5) is 0. The molecular weight excluding hydrogens is 91.0 g/mol. The van der Waals surface area contributed by atoms with Crippen LogP contribution < -0.4 is 0 Å². The van der Waals surface area contributed by atoms with Gasteiger partial charge in [0, 0.05) is 0 Å². The largest absolute Gasteiger partial charge is 0.110 e. The summed E-state index contributed by atoms with van der Waals surface area (Å²) in [7, 11) is 0.0905. The van der Waals surface area contributed by atoms with E-state index in [4.69, 9.17) is 0 Å². The highest BCUT2D eigenvalue weighted by Crippen LogP contribution is 2.19. The molecule has 1 atom stereocenters. The van der Waals surface area contributed by atoms with E-state index in [1.807, 2.05) is 0 Å². The lowest BCUT2D eigenvalue weighted by Crippen LogP contribution is -1.81. The van der Waals surface area contributed by atoms with Gasteiger partial charge in [-0.2, -0.15) is 0 Å². The van der Waals surface area contributed by atoms with Gasteiger partial charge in [-0.15, -0.1) is 0 Å². The highest BCUT2D eigenvalue weighted by molar-refractivity contribution is 7.55. The summed E-state index contributed by atoms with van der Waals surface area (Å²) >= 11 is 0. The van der Waals surface area contributed by atoms with E-state index in [0.29, 0.717) is 0 Å². The summed E-state index contributed by atoms with van der Waals surface area (Å²) in [5, 5.41) is 0. The van der Waals surface area contributed by atoms with Gasteiger partial charge in [0.25, 0.3) is 0 Å². The average Bonchev–Trinajstić information content (AvgIpc) is 1.36. The van der Waals surface area contributed by atoms with Gasteiger partial charge >= 0.3 is 0 Å². The van der Waals surface area contributed by atoms with Gasteiger partial charge in [-0.05, 0) is 13.8 Å². The van der Waals surface area contributed by atoms with Crippen molar-refractivity contribution in [2.45, 2.75) is 19.5 Å². The Morgan fingerprint density at radius 3 is 1.67 bits per heavy atom. The van der Waals surface area contributed by atoms with Gasteiger partial charge in [0.2, 0.25) is 0 Å². The molecule has 1 heteroatoms. The summed E-state index contributed by atoms with van der Waals surface area (Å²) in [6.07, 6.45) is 3.90. The fraction of sp³-hybridized carbons (Fsp3) is 0.800. The number of rotatable bonds is 1. The van der Waals surface area contributed by atoms with Crippen molar-refractivity contribution >= 4 is 13.8 Å². The average molecular weight is 103 g/mol. The van der Waals surface area contributed by atoms with Crippen LogP contribution in [0.15, 0.2) is 0 Å². The van der Waals surface area contributed by atoms with Gasteiger partial charge in [-0.25, -0.2) is 0 Å².